The molecule has 0 radical (unpaired) electrons. The molecule has 2 heterocycles. The molecule has 6 nitrogen and oxygen atoms in total. The third-order valence-electron chi connectivity index (χ3n) is 3.44. The zero-order valence-corrected chi connectivity index (χ0v) is 11.1. The van der Waals surface area contributed by atoms with Crippen molar-refractivity contribution in [3.8, 4) is 0 Å². The number of hydrogen-bond acceptors (Lipinski definition) is 6. The van der Waals surface area contributed by atoms with E-state index in [0.717, 1.165) is 38.3 Å². The molecule has 1 aromatic rings. The van der Waals surface area contributed by atoms with E-state index in [1.54, 1.807) is 6.20 Å². The molecule has 1 unspecified atom stereocenters. The first-order valence-corrected chi connectivity index (χ1v) is 6.49. The molecule has 1 aliphatic rings. The summed E-state index contributed by atoms with van der Waals surface area (Å²) in [6, 6.07) is 2.45. The molecule has 2 rings (SSSR count). The molecule has 0 aliphatic carbocycles. The fraction of sp³-hybridized carbons (Fsp3) is 0.667. The predicted octanol–water partition coefficient (Wildman–Crippen LogP) is 0.683. The van der Waals surface area contributed by atoms with Crippen molar-refractivity contribution in [2.24, 2.45) is 5.84 Å². The second kappa shape index (κ2) is 5.97. The maximum absolute atomic E-state index is 5.37. The summed E-state index contributed by atoms with van der Waals surface area (Å²) in [5, 5.41) is 0. The van der Waals surface area contributed by atoms with E-state index in [-0.39, 0.29) is 0 Å². The van der Waals surface area contributed by atoms with Crippen LogP contribution < -0.4 is 16.2 Å². The Hall–Kier alpha value is -1.40. The minimum atomic E-state index is 0.472. The van der Waals surface area contributed by atoms with Gasteiger partial charge in [0.25, 0.3) is 0 Å². The van der Waals surface area contributed by atoms with Crippen LogP contribution in [-0.2, 0) is 0 Å². The van der Waals surface area contributed by atoms with Crippen LogP contribution in [0.5, 0.6) is 0 Å². The number of rotatable bonds is 3. The Morgan fingerprint density at radius 1 is 1.50 bits per heavy atom. The smallest absolute Gasteiger partial charge is 0.239 e. The van der Waals surface area contributed by atoms with Gasteiger partial charge in [-0.2, -0.15) is 4.98 Å². The maximum Gasteiger partial charge on any atom is 0.239 e. The topological polar surface area (TPSA) is 70.3 Å². The Morgan fingerprint density at radius 3 is 3.06 bits per heavy atom. The van der Waals surface area contributed by atoms with E-state index in [4.69, 9.17) is 5.84 Å². The van der Waals surface area contributed by atoms with Gasteiger partial charge in [0.05, 0.1) is 0 Å². The Bertz CT molecular complexity index is 383. The molecule has 1 fully saturated rings. The second-order valence-electron chi connectivity index (χ2n) is 4.75. The first-order valence-electron chi connectivity index (χ1n) is 6.49. The van der Waals surface area contributed by atoms with Gasteiger partial charge >= 0.3 is 0 Å². The summed E-state index contributed by atoms with van der Waals surface area (Å²) >= 11 is 0. The zero-order valence-electron chi connectivity index (χ0n) is 11.1. The average molecular weight is 250 g/mol. The fourth-order valence-corrected chi connectivity index (χ4v) is 2.47. The van der Waals surface area contributed by atoms with Crippen LogP contribution in [0.1, 0.15) is 19.8 Å². The molecule has 1 saturated heterocycles. The van der Waals surface area contributed by atoms with E-state index >= 15 is 0 Å². The maximum atomic E-state index is 5.37. The first kappa shape index (κ1) is 13.0. The SMILES string of the molecule is CCC1CN(C)CCCN1c1ccnc(NN)n1. The Morgan fingerprint density at radius 2 is 2.33 bits per heavy atom. The van der Waals surface area contributed by atoms with E-state index in [1.807, 2.05) is 6.07 Å². The minimum Gasteiger partial charge on any atom is -0.352 e. The van der Waals surface area contributed by atoms with Crippen molar-refractivity contribution in [1.82, 2.24) is 14.9 Å². The largest absolute Gasteiger partial charge is 0.352 e. The van der Waals surface area contributed by atoms with Crippen LogP contribution in [0.2, 0.25) is 0 Å². The number of likely N-dealkylation sites (N-methyl/N-ethyl adjacent to an activating group) is 1. The normalized spacial score (nSPS) is 21.7. The van der Waals surface area contributed by atoms with Crippen LogP contribution in [0.15, 0.2) is 12.3 Å². The van der Waals surface area contributed by atoms with Crippen LogP contribution in [0.3, 0.4) is 0 Å². The zero-order chi connectivity index (χ0) is 13.0. The lowest BCUT2D eigenvalue weighted by atomic mass is 10.2. The highest BCUT2D eigenvalue weighted by Crippen LogP contribution is 2.20. The van der Waals surface area contributed by atoms with E-state index in [1.165, 1.54) is 0 Å². The van der Waals surface area contributed by atoms with Crippen LogP contribution in [0.4, 0.5) is 11.8 Å². The molecule has 0 amide bonds. The number of hydrogen-bond donors (Lipinski definition) is 2. The first-order chi connectivity index (χ1) is 8.74. The van der Waals surface area contributed by atoms with Crippen LogP contribution in [0, 0.1) is 0 Å². The van der Waals surface area contributed by atoms with Crippen LogP contribution in [-0.4, -0.2) is 47.6 Å². The summed E-state index contributed by atoms with van der Waals surface area (Å²) in [4.78, 5) is 13.3. The van der Waals surface area contributed by atoms with E-state index in [9.17, 15) is 0 Å². The van der Waals surface area contributed by atoms with Crippen molar-refractivity contribution in [3.05, 3.63) is 12.3 Å². The second-order valence-corrected chi connectivity index (χ2v) is 4.75. The van der Waals surface area contributed by atoms with Crippen LogP contribution in [0.25, 0.3) is 0 Å². The van der Waals surface area contributed by atoms with Crippen LogP contribution >= 0.6 is 0 Å². The van der Waals surface area contributed by atoms with Crippen molar-refractivity contribution < 1.29 is 0 Å². The number of hydrazine groups is 1. The lowest BCUT2D eigenvalue weighted by Crippen LogP contribution is -2.40. The molecule has 6 heteroatoms. The highest BCUT2D eigenvalue weighted by atomic mass is 15.3. The highest BCUT2D eigenvalue weighted by Gasteiger charge is 2.23. The van der Waals surface area contributed by atoms with Gasteiger partial charge in [-0.05, 0) is 32.5 Å². The number of nitrogens with one attached hydrogen (secondary N) is 1. The standard InChI is InChI=1S/C12H22N6/c1-3-10-9-17(2)7-4-8-18(10)11-5-6-14-12(15-11)16-13/h5-6,10H,3-4,7-9,13H2,1-2H3,(H,14,15,16). The fourth-order valence-electron chi connectivity index (χ4n) is 2.47. The molecule has 1 aromatic heterocycles. The van der Waals surface area contributed by atoms with Gasteiger partial charge in [0.1, 0.15) is 5.82 Å². The predicted molar refractivity (Wildman–Crippen MR) is 73.4 cm³/mol. The molecule has 0 saturated carbocycles. The van der Waals surface area contributed by atoms with Gasteiger partial charge < -0.3 is 9.80 Å². The summed E-state index contributed by atoms with van der Waals surface area (Å²) in [5.41, 5.74) is 2.50. The van der Waals surface area contributed by atoms with Gasteiger partial charge in [0.2, 0.25) is 5.95 Å². The summed E-state index contributed by atoms with van der Waals surface area (Å²) < 4.78 is 0. The van der Waals surface area contributed by atoms with Gasteiger partial charge in [-0.1, -0.05) is 6.92 Å². The summed E-state index contributed by atoms with van der Waals surface area (Å²) in [6.45, 7) is 5.47. The molecule has 18 heavy (non-hydrogen) atoms. The van der Waals surface area contributed by atoms with Gasteiger partial charge in [0, 0.05) is 25.3 Å². The molecule has 100 valence electrons. The lowest BCUT2D eigenvalue weighted by molar-refractivity contribution is 0.327. The van der Waals surface area contributed by atoms with Crippen molar-refractivity contribution in [2.45, 2.75) is 25.8 Å². The lowest BCUT2D eigenvalue weighted by Gasteiger charge is -2.31. The van der Waals surface area contributed by atoms with Crippen molar-refractivity contribution >= 4 is 11.8 Å². The van der Waals surface area contributed by atoms with E-state index in [0.29, 0.717) is 12.0 Å². The molecule has 0 bridgehead atoms. The third kappa shape index (κ3) is 2.88. The number of anilines is 2. The molecule has 1 atom stereocenters. The number of nitrogen functional groups attached to an aromatic ring is 1. The molecular weight excluding hydrogens is 228 g/mol. The Balaban J connectivity index is 2.22. The summed E-state index contributed by atoms with van der Waals surface area (Å²) in [5.74, 6) is 6.80. The van der Waals surface area contributed by atoms with Crippen molar-refractivity contribution in [2.75, 3.05) is 37.0 Å². The van der Waals surface area contributed by atoms with E-state index in [2.05, 4.69) is 39.2 Å². The van der Waals surface area contributed by atoms with Gasteiger partial charge in [0.15, 0.2) is 0 Å². The van der Waals surface area contributed by atoms with E-state index < -0.39 is 0 Å². The van der Waals surface area contributed by atoms with Gasteiger partial charge in [-0.15, -0.1) is 0 Å². The average Bonchev–Trinajstić information content (AvgIpc) is 2.60. The minimum absolute atomic E-state index is 0.472. The summed E-state index contributed by atoms with van der Waals surface area (Å²) in [6.07, 6.45) is 4.01. The quantitative estimate of drug-likeness (QED) is 0.607. The number of nitrogens with two attached hydrogens (primary N) is 1. The van der Waals surface area contributed by atoms with Gasteiger partial charge in [-0.3, -0.25) is 5.43 Å². The molecular formula is C12H22N6. The van der Waals surface area contributed by atoms with Crippen molar-refractivity contribution in [3.63, 3.8) is 0 Å². The Labute approximate surface area is 108 Å². The summed E-state index contributed by atoms with van der Waals surface area (Å²) in [7, 11) is 2.18. The monoisotopic (exact) mass is 250 g/mol. The number of nitrogens with zero attached hydrogens (tertiary/aromatic N) is 4. The molecule has 0 aromatic carbocycles. The molecule has 3 N–H and O–H groups in total. The third-order valence-corrected chi connectivity index (χ3v) is 3.44. The van der Waals surface area contributed by atoms with Crippen molar-refractivity contribution in [1.29, 1.82) is 0 Å². The Kier molecular flexibility index (Phi) is 4.33. The highest BCUT2D eigenvalue weighted by molar-refractivity contribution is 5.43. The molecule has 1 aliphatic heterocycles. The number of aromatic nitrogens is 2. The molecule has 0 spiro atoms. The van der Waals surface area contributed by atoms with Gasteiger partial charge in [-0.25, -0.2) is 10.8 Å².